The van der Waals surface area contributed by atoms with Gasteiger partial charge in [-0.3, -0.25) is 0 Å². The van der Waals surface area contributed by atoms with E-state index in [1.165, 1.54) is 12.3 Å². The molecule has 2 rings (SSSR count). The Hall–Kier alpha value is -2.38. The smallest absolute Gasteiger partial charge is 0.409 e. The maximum atomic E-state index is 12.1. The van der Waals surface area contributed by atoms with E-state index in [-0.39, 0.29) is 17.5 Å². The molecule has 0 radical (unpaired) electrons. The fraction of sp³-hybridized carbons (Fsp3) is 0.625. The average Bonchev–Trinajstić information content (AvgIpc) is 2.54. The Kier molecular flexibility index (Phi) is 5.58. The van der Waals surface area contributed by atoms with E-state index in [1.54, 1.807) is 11.0 Å². The molecule has 0 bridgehead atoms. The number of carbonyl (C=O) groups excluding carboxylic acids is 1. The van der Waals surface area contributed by atoms with Crippen molar-refractivity contribution >= 4 is 17.6 Å². The molecule has 0 aromatic carbocycles. The summed E-state index contributed by atoms with van der Waals surface area (Å²) in [6.45, 7) is 8.24. The highest BCUT2D eigenvalue weighted by Gasteiger charge is 2.36. The maximum absolute atomic E-state index is 12.1. The number of hydrogen-bond donors (Lipinski definition) is 0. The second-order valence-corrected chi connectivity index (χ2v) is 6.49. The lowest BCUT2D eigenvalue weighted by atomic mass is 9.98. The summed E-state index contributed by atoms with van der Waals surface area (Å²) in [5.74, 6) is -0.172. The van der Waals surface area contributed by atoms with Crippen LogP contribution in [-0.4, -0.2) is 52.7 Å². The Labute approximate surface area is 141 Å². The molecule has 1 aromatic rings. The molecule has 24 heavy (non-hydrogen) atoms. The van der Waals surface area contributed by atoms with Crippen molar-refractivity contribution in [3.63, 3.8) is 0 Å². The first-order valence-corrected chi connectivity index (χ1v) is 8.15. The highest BCUT2D eigenvalue weighted by Crippen LogP contribution is 2.28. The zero-order valence-electron chi connectivity index (χ0n) is 14.4. The third-order valence-corrected chi connectivity index (χ3v) is 4.11. The van der Waals surface area contributed by atoms with Gasteiger partial charge in [0.25, 0.3) is 0 Å². The van der Waals surface area contributed by atoms with Crippen molar-refractivity contribution in [3.05, 3.63) is 28.4 Å². The molecule has 8 nitrogen and oxygen atoms in total. The van der Waals surface area contributed by atoms with Crippen LogP contribution in [0.1, 0.15) is 33.6 Å². The predicted octanol–water partition coefficient (Wildman–Crippen LogP) is 2.83. The minimum atomic E-state index is -0.515. The molecule has 0 spiro atoms. The predicted molar refractivity (Wildman–Crippen MR) is 90.1 cm³/mol. The molecule has 1 saturated heterocycles. The maximum Gasteiger partial charge on any atom is 0.409 e. The van der Waals surface area contributed by atoms with Crippen molar-refractivity contribution in [1.82, 2.24) is 9.88 Å². The van der Waals surface area contributed by atoms with Crippen LogP contribution in [0.4, 0.5) is 16.3 Å². The molecule has 0 unspecified atom stereocenters. The van der Waals surface area contributed by atoms with Crippen LogP contribution < -0.4 is 4.90 Å². The first-order valence-electron chi connectivity index (χ1n) is 8.15. The van der Waals surface area contributed by atoms with Crippen LogP contribution in [0, 0.1) is 10.1 Å². The number of anilines is 1. The van der Waals surface area contributed by atoms with Crippen LogP contribution in [-0.2, 0) is 4.74 Å². The lowest BCUT2D eigenvalue weighted by Crippen LogP contribution is -2.60. The molecular formula is C16H24N4O4. The van der Waals surface area contributed by atoms with Crippen LogP contribution in [0.15, 0.2) is 18.3 Å². The average molecular weight is 336 g/mol. The van der Waals surface area contributed by atoms with Crippen LogP contribution in [0.3, 0.4) is 0 Å². The second-order valence-electron chi connectivity index (χ2n) is 6.49. The lowest BCUT2D eigenvalue weighted by molar-refractivity contribution is -0.389. The summed E-state index contributed by atoms with van der Waals surface area (Å²) >= 11 is 0. The quantitative estimate of drug-likeness (QED) is 0.467. The summed E-state index contributed by atoms with van der Waals surface area (Å²) < 4.78 is 5.28. The number of aromatic nitrogens is 1. The Morgan fingerprint density at radius 2 is 2.17 bits per heavy atom. The van der Waals surface area contributed by atoms with Gasteiger partial charge in [-0.1, -0.05) is 13.3 Å². The molecule has 0 atom stereocenters. The van der Waals surface area contributed by atoms with Gasteiger partial charge in [-0.05, 0) is 36.2 Å². The number of unbranched alkanes of at least 4 members (excludes halogenated alkanes) is 1. The van der Waals surface area contributed by atoms with Gasteiger partial charge in [0.05, 0.1) is 17.8 Å². The molecule has 1 fully saturated rings. The van der Waals surface area contributed by atoms with Gasteiger partial charge in [-0.15, -0.1) is 0 Å². The molecule has 1 aliphatic rings. The number of nitrogens with zero attached hydrogens (tertiary/aromatic N) is 4. The van der Waals surface area contributed by atoms with Crippen molar-refractivity contribution in [2.24, 2.45) is 0 Å². The van der Waals surface area contributed by atoms with Gasteiger partial charge < -0.3 is 24.7 Å². The van der Waals surface area contributed by atoms with E-state index in [9.17, 15) is 14.9 Å². The summed E-state index contributed by atoms with van der Waals surface area (Å²) in [7, 11) is 0. The van der Waals surface area contributed by atoms with E-state index in [2.05, 4.69) is 9.88 Å². The summed E-state index contributed by atoms with van der Waals surface area (Å²) in [5, 5.41) is 10.7. The Balaban J connectivity index is 2.03. The Morgan fingerprint density at radius 1 is 1.42 bits per heavy atom. The SMILES string of the molecule is CCCCOC(=O)N1CCN(c2ccc([N+](=O)[O-])nc2)C(C)(C)C1. The molecule has 1 aliphatic heterocycles. The zero-order chi connectivity index (χ0) is 17.7. The van der Waals surface area contributed by atoms with Gasteiger partial charge in [-0.25, -0.2) is 4.79 Å². The number of nitro groups is 1. The Morgan fingerprint density at radius 3 is 2.71 bits per heavy atom. The molecule has 0 N–H and O–H groups in total. The number of carbonyl (C=O) groups is 1. The topological polar surface area (TPSA) is 88.8 Å². The molecule has 8 heteroatoms. The minimum Gasteiger partial charge on any atom is -0.449 e. The van der Waals surface area contributed by atoms with E-state index in [0.29, 0.717) is 26.2 Å². The van der Waals surface area contributed by atoms with Gasteiger partial charge >= 0.3 is 11.9 Å². The summed E-state index contributed by atoms with van der Waals surface area (Å²) in [5.41, 5.74) is 0.490. The molecule has 1 amide bonds. The molecule has 0 saturated carbocycles. The zero-order valence-corrected chi connectivity index (χ0v) is 14.4. The monoisotopic (exact) mass is 336 g/mol. The number of amides is 1. The largest absolute Gasteiger partial charge is 0.449 e. The molecule has 0 aliphatic carbocycles. The van der Waals surface area contributed by atoms with Crippen LogP contribution >= 0.6 is 0 Å². The fourth-order valence-corrected chi connectivity index (χ4v) is 2.83. The van der Waals surface area contributed by atoms with E-state index < -0.39 is 4.92 Å². The van der Waals surface area contributed by atoms with Gasteiger partial charge in [0.2, 0.25) is 0 Å². The number of rotatable bonds is 5. The lowest BCUT2D eigenvalue weighted by Gasteiger charge is -2.47. The normalized spacial score (nSPS) is 16.8. The van der Waals surface area contributed by atoms with Crippen molar-refractivity contribution in [2.45, 2.75) is 39.2 Å². The standard InChI is InChI=1S/C16H24N4O4/c1-4-5-10-24-15(21)18-8-9-19(16(2,3)12-18)13-6-7-14(17-11-13)20(22)23/h6-7,11H,4-5,8-10,12H2,1-3H3. The summed E-state index contributed by atoms with van der Waals surface area (Å²) in [4.78, 5) is 30.0. The molecule has 1 aromatic heterocycles. The number of piperazine rings is 1. The third kappa shape index (κ3) is 4.12. The molecule has 132 valence electrons. The number of hydrogen-bond acceptors (Lipinski definition) is 6. The van der Waals surface area contributed by atoms with Crippen molar-refractivity contribution in [2.75, 3.05) is 31.1 Å². The van der Waals surface area contributed by atoms with Crippen LogP contribution in [0.25, 0.3) is 0 Å². The van der Waals surface area contributed by atoms with Gasteiger partial charge in [0, 0.05) is 25.7 Å². The first-order chi connectivity index (χ1) is 11.3. The Bertz CT molecular complexity index is 588. The number of ether oxygens (including phenoxy) is 1. The first kappa shape index (κ1) is 18.0. The summed E-state index contributed by atoms with van der Waals surface area (Å²) in [6, 6.07) is 3.10. The van der Waals surface area contributed by atoms with E-state index >= 15 is 0 Å². The second kappa shape index (κ2) is 7.46. The minimum absolute atomic E-state index is 0.172. The molecule has 2 heterocycles. The van der Waals surface area contributed by atoms with Crippen molar-refractivity contribution in [3.8, 4) is 0 Å². The number of pyridine rings is 1. The summed E-state index contributed by atoms with van der Waals surface area (Å²) in [6.07, 6.45) is 3.08. The van der Waals surface area contributed by atoms with Crippen LogP contribution in [0.5, 0.6) is 0 Å². The van der Waals surface area contributed by atoms with Crippen LogP contribution in [0.2, 0.25) is 0 Å². The van der Waals surface area contributed by atoms with Crippen molar-refractivity contribution < 1.29 is 14.5 Å². The third-order valence-electron chi connectivity index (χ3n) is 4.11. The van der Waals surface area contributed by atoms with Gasteiger partial charge in [-0.2, -0.15) is 0 Å². The fourth-order valence-electron chi connectivity index (χ4n) is 2.83. The molecular weight excluding hydrogens is 312 g/mol. The van der Waals surface area contributed by atoms with Gasteiger partial charge in [0.15, 0.2) is 6.20 Å². The van der Waals surface area contributed by atoms with Crippen molar-refractivity contribution in [1.29, 1.82) is 0 Å². The highest BCUT2D eigenvalue weighted by molar-refractivity contribution is 5.68. The van der Waals surface area contributed by atoms with E-state index in [0.717, 1.165) is 18.5 Å². The van der Waals surface area contributed by atoms with Gasteiger partial charge in [0.1, 0.15) is 0 Å². The van der Waals surface area contributed by atoms with E-state index in [4.69, 9.17) is 4.74 Å². The van der Waals surface area contributed by atoms with E-state index in [1.807, 2.05) is 20.8 Å². The highest BCUT2D eigenvalue weighted by atomic mass is 16.6.